The third kappa shape index (κ3) is 6.14. The first-order valence-electron chi connectivity index (χ1n) is 4.72. The number of aromatic nitrogens is 2. The molecule has 1 aromatic heterocycles. The predicted molar refractivity (Wildman–Crippen MR) is 58.1 cm³/mol. The molecule has 0 unspecified atom stereocenters. The fraction of sp³-hybridized carbons (Fsp3) is 0.556. The maximum Gasteiger partial charge on any atom is 0.147 e. The fourth-order valence-electron chi connectivity index (χ4n) is 1.08. The van der Waals surface area contributed by atoms with E-state index in [1.807, 2.05) is 0 Å². The van der Waals surface area contributed by atoms with Crippen molar-refractivity contribution in [3.63, 3.8) is 0 Å². The molecular formula is C9H15N3O2S. The second kappa shape index (κ2) is 5.77. The van der Waals surface area contributed by atoms with Crippen LogP contribution in [-0.2, 0) is 16.4 Å². The van der Waals surface area contributed by atoms with E-state index in [9.17, 15) is 8.42 Å². The van der Waals surface area contributed by atoms with E-state index in [4.69, 9.17) is 0 Å². The van der Waals surface area contributed by atoms with Crippen LogP contribution < -0.4 is 5.32 Å². The third-order valence-electron chi connectivity index (χ3n) is 1.77. The van der Waals surface area contributed by atoms with Crippen LogP contribution in [0, 0.1) is 0 Å². The molecule has 0 aliphatic heterocycles. The molecule has 0 bridgehead atoms. The first-order chi connectivity index (χ1) is 7.08. The minimum Gasteiger partial charge on any atom is -0.310 e. The molecule has 0 radical (unpaired) electrons. The first-order valence-corrected chi connectivity index (χ1v) is 6.78. The maximum absolute atomic E-state index is 10.8. The van der Waals surface area contributed by atoms with Gasteiger partial charge in [-0.15, -0.1) is 0 Å². The van der Waals surface area contributed by atoms with Crippen LogP contribution in [0.15, 0.2) is 18.5 Å². The van der Waals surface area contributed by atoms with Gasteiger partial charge in [-0.05, 0) is 19.0 Å². The summed E-state index contributed by atoms with van der Waals surface area (Å²) in [4.78, 5) is 8.07. The van der Waals surface area contributed by atoms with Gasteiger partial charge in [0.25, 0.3) is 0 Å². The zero-order chi connectivity index (χ0) is 11.1. The normalized spacial score (nSPS) is 11.5. The Balaban J connectivity index is 2.13. The van der Waals surface area contributed by atoms with Gasteiger partial charge in [-0.1, -0.05) is 0 Å². The molecule has 0 saturated heterocycles. The van der Waals surface area contributed by atoms with Gasteiger partial charge < -0.3 is 5.32 Å². The van der Waals surface area contributed by atoms with Crippen molar-refractivity contribution >= 4 is 9.84 Å². The van der Waals surface area contributed by atoms with Crippen molar-refractivity contribution in [1.82, 2.24) is 15.3 Å². The molecule has 0 aliphatic rings. The van der Waals surface area contributed by atoms with Gasteiger partial charge >= 0.3 is 0 Å². The highest BCUT2D eigenvalue weighted by atomic mass is 32.2. The van der Waals surface area contributed by atoms with Crippen LogP contribution in [0.5, 0.6) is 0 Å². The zero-order valence-electron chi connectivity index (χ0n) is 8.68. The van der Waals surface area contributed by atoms with Crippen molar-refractivity contribution in [2.45, 2.75) is 13.0 Å². The third-order valence-corrected chi connectivity index (χ3v) is 2.80. The molecule has 15 heavy (non-hydrogen) atoms. The van der Waals surface area contributed by atoms with Crippen LogP contribution in [0.3, 0.4) is 0 Å². The highest BCUT2D eigenvalue weighted by molar-refractivity contribution is 7.90. The quantitative estimate of drug-likeness (QED) is 0.695. The summed E-state index contributed by atoms with van der Waals surface area (Å²) in [6, 6.07) is 1.76. The Bertz CT molecular complexity index is 378. The van der Waals surface area contributed by atoms with Gasteiger partial charge in [-0.3, -0.25) is 0 Å². The molecule has 0 spiro atoms. The van der Waals surface area contributed by atoms with Crippen LogP contribution in [-0.4, -0.2) is 36.9 Å². The monoisotopic (exact) mass is 229 g/mol. The van der Waals surface area contributed by atoms with Gasteiger partial charge in [-0.25, -0.2) is 18.4 Å². The Morgan fingerprint density at radius 1 is 1.33 bits per heavy atom. The topological polar surface area (TPSA) is 72.0 Å². The molecule has 0 saturated carbocycles. The summed E-state index contributed by atoms with van der Waals surface area (Å²) in [5.41, 5.74) is 0. The summed E-state index contributed by atoms with van der Waals surface area (Å²) in [6.07, 6.45) is 5.22. The van der Waals surface area contributed by atoms with E-state index in [-0.39, 0.29) is 5.75 Å². The van der Waals surface area contributed by atoms with E-state index >= 15 is 0 Å². The molecule has 84 valence electrons. The van der Waals surface area contributed by atoms with E-state index < -0.39 is 9.84 Å². The van der Waals surface area contributed by atoms with Gasteiger partial charge in [0, 0.05) is 18.6 Å². The van der Waals surface area contributed by atoms with Crippen molar-refractivity contribution in [2.24, 2.45) is 0 Å². The maximum atomic E-state index is 10.8. The summed E-state index contributed by atoms with van der Waals surface area (Å²) in [7, 11) is -2.84. The lowest BCUT2D eigenvalue weighted by Gasteiger charge is -2.02. The van der Waals surface area contributed by atoms with E-state index in [1.54, 1.807) is 18.5 Å². The summed E-state index contributed by atoms with van der Waals surface area (Å²) in [6.45, 7) is 1.23. The van der Waals surface area contributed by atoms with Crippen molar-refractivity contribution < 1.29 is 8.42 Å². The van der Waals surface area contributed by atoms with Gasteiger partial charge in [0.2, 0.25) is 0 Å². The van der Waals surface area contributed by atoms with E-state index in [2.05, 4.69) is 15.3 Å². The molecule has 0 fully saturated rings. The van der Waals surface area contributed by atoms with Gasteiger partial charge in [0.05, 0.1) is 12.3 Å². The number of nitrogens with one attached hydrogen (secondary N) is 1. The molecule has 0 atom stereocenters. The van der Waals surface area contributed by atoms with Crippen molar-refractivity contribution in [2.75, 3.05) is 18.6 Å². The van der Waals surface area contributed by atoms with Gasteiger partial charge in [0.1, 0.15) is 15.7 Å². The average molecular weight is 229 g/mol. The molecule has 1 aromatic rings. The summed E-state index contributed by atoms with van der Waals surface area (Å²) >= 11 is 0. The molecule has 5 nitrogen and oxygen atoms in total. The van der Waals surface area contributed by atoms with Crippen LogP contribution in [0.4, 0.5) is 0 Å². The molecular weight excluding hydrogens is 214 g/mol. The fourth-order valence-corrected chi connectivity index (χ4v) is 1.75. The molecule has 1 heterocycles. The largest absolute Gasteiger partial charge is 0.310 e. The van der Waals surface area contributed by atoms with Crippen molar-refractivity contribution in [1.29, 1.82) is 0 Å². The summed E-state index contributed by atoms with van der Waals surface area (Å²) in [5, 5.41) is 3.08. The lowest BCUT2D eigenvalue weighted by molar-refractivity contribution is 0.592. The second-order valence-electron chi connectivity index (χ2n) is 3.33. The van der Waals surface area contributed by atoms with Crippen LogP contribution in [0.1, 0.15) is 12.2 Å². The minimum atomic E-state index is -2.84. The van der Waals surface area contributed by atoms with E-state index in [0.29, 0.717) is 19.5 Å². The van der Waals surface area contributed by atoms with Gasteiger partial charge in [0.15, 0.2) is 0 Å². The SMILES string of the molecule is CS(=O)(=O)CCCNCc1ncccn1. The number of sulfone groups is 1. The lowest BCUT2D eigenvalue weighted by Crippen LogP contribution is -2.19. The summed E-state index contributed by atoms with van der Waals surface area (Å²) in [5.74, 6) is 0.937. The van der Waals surface area contributed by atoms with Crippen LogP contribution >= 0.6 is 0 Å². The van der Waals surface area contributed by atoms with Crippen molar-refractivity contribution in [3.05, 3.63) is 24.3 Å². The minimum absolute atomic E-state index is 0.218. The highest BCUT2D eigenvalue weighted by Gasteiger charge is 2.00. The Hall–Kier alpha value is -1.01. The second-order valence-corrected chi connectivity index (χ2v) is 5.58. The molecule has 0 amide bonds. The van der Waals surface area contributed by atoms with E-state index in [1.165, 1.54) is 6.26 Å². The van der Waals surface area contributed by atoms with Gasteiger partial charge in [-0.2, -0.15) is 0 Å². The molecule has 6 heteroatoms. The number of rotatable bonds is 6. The molecule has 0 aromatic carbocycles. The highest BCUT2D eigenvalue weighted by Crippen LogP contribution is 1.89. The standard InChI is InChI=1S/C9H15N3O2S/c1-15(13,14)7-3-4-10-8-9-11-5-2-6-12-9/h2,5-6,10H,3-4,7-8H2,1H3. The Morgan fingerprint density at radius 3 is 2.60 bits per heavy atom. The number of hydrogen-bond acceptors (Lipinski definition) is 5. The molecule has 1 rings (SSSR count). The van der Waals surface area contributed by atoms with Crippen LogP contribution in [0.2, 0.25) is 0 Å². The smallest absolute Gasteiger partial charge is 0.147 e. The number of nitrogens with zero attached hydrogens (tertiary/aromatic N) is 2. The van der Waals surface area contributed by atoms with E-state index in [0.717, 1.165) is 5.82 Å². The average Bonchev–Trinajstić information content (AvgIpc) is 2.17. The summed E-state index contributed by atoms with van der Waals surface area (Å²) < 4.78 is 21.6. The predicted octanol–water partition coefficient (Wildman–Crippen LogP) is 0.000900. The Labute approximate surface area is 89.9 Å². The Kier molecular flexibility index (Phi) is 4.64. The molecule has 1 N–H and O–H groups in total. The van der Waals surface area contributed by atoms with Crippen LogP contribution in [0.25, 0.3) is 0 Å². The lowest BCUT2D eigenvalue weighted by atomic mass is 10.4. The van der Waals surface area contributed by atoms with Crippen molar-refractivity contribution in [3.8, 4) is 0 Å². The molecule has 0 aliphatic carbocycles. The Morgan fingerprint density at radius 2 is 2.00 bits per heavy atom. The first kappa shape index (κ1) is 12.1. The zero-order valence-corrected chi connectivity index (χ0v) is 9.50. The number of hydrogen-bond donors (Lipinski definition) is 1.